The van der Waals surface area contributed by atoms with Crippen molar-refractivity contribution in [1.82, 2.24) is 4.90 Å². The highest BCUT2D eigenvalue weighted by Gasteiger charge is 2.38. The SMILES string of the molecule is O=C(c1ccc2c(c1)[C@@H]1C=CC[C@@H]1[C@@H](c1ccccc1)N2)N1CCOCC1. The second-order valence-corrected chi connectivity index (χ2v) is 7.59. The molecule has 0 radical (unpaired) electrons. The molecule has 1 aliphatic carbocycles. The third-order valence-electron chi connectivity index (χ3n) is 6.07. The Balaban J connectivity index is 1.47. The predicted octanol–water partition coefficient (Wildman–Crippen LogP) is 3.99. The highest BCUT2D eigenvalue weighted by molar-refractivity contribution is 5.95. The number of nitrogens with one attached hydrogen (secondary N) is 1. The van der Waals surface area contributed by atoms with Gasteiger partial charge in [0.2, 0.25) is 0 Å². The summed E-state index contributed by atoms with van der Waals surface area (Å²) in [6.45, 7) is 2.61. The lowest BCUT2D eigenvalue weighted by atomic mass is 9.76. The van der Waals surface area contributed by atoms with Crippen LogP contribution in [0.4, 0.5) is 5.69 Å². The molecule has 1 N–H and O–H groups in total. The Bertz CT molecular complexity index is 871. The fourth-order valence-electron chi connectivity index (χ4n) is 4.67. The molecular weight excluding hydrogens is 336 g/mol. The molecule has 2 aromatic rings. The van der Waals surface area contributed by atoms with Crippen LogP contribution in [-0.2, 0) is 4.74 Å². The Morgan fingerprint density at radius 3 is 2.70 bits per heavy atom. The molecule has 0 bridgehead atoms. The van der Waals surface area contributed by atoms with Crippen LogP contribution in [0.3, 0.4) is 0 Å². The number of hydrogen-bond acceptors (Lipinski definition) is 3. The van der Waals surface area contributed by atoms with Gasteiger partial charge in [-0.05, 0) is 41.7 Å². The van der Waals surface area contributed by atoms with Gasteiger partial charge in [0.05, 0.1) is 19.3 Å². The van der Waals surface area contributed by atoms with Crippen LogP contribution in [0.2, 0.25) is 0 Å². The molecule has 1 saturated heterocycles. The quantitative estimate of drug-likeness (QED) is 0.824. The number of nitrogens with zero attached hydrogens (tertiary/aromatic N) is 1. The highest BCUT2D eigenvalue weighted by Crippen LogP contribution is 2.49. The van der Waals surface area contributed by atoms with Crippen molar-refractivity contribution >= 4 is 11.6 Å². The van der Waals surface area contributed by atoms with Gasteiger partial charge in [0.1, 0.15) is 0 Å². The second-order valence-electron chi connectivity index (χ2n) is 7.59. The molecule has 27 heavy (non-hydrogen) atoms. The number of morpholine rings is 1. The van der Waals surface area contributed by atoms with Crippen LogP contribution >= 0.6 is 0 Å². The van der Waals surface area contributed by atoms with Crippen molar-refractivity contribution < 1.29 is 9.53 Å². The summed E-state index contributed by atoms with van der Waals surface area (Å²) in [6, 6.07) is 17.1. The molecule has 2 aliphatic heterocycles. The van der Waals surface area contributed by atoms with E-state index in [-0.39, 0.29) is 5.91 Å². The minimum Gasteiger partial charge on any atom is -0.378 e. The van der Waals surface area contributed by atoms with Gasteiger partial charge in [0.25, 0.3) is 5.91 Å². The van der Waals surface area contributed by atoms with Crippen LogP contribution in [-0.4, -0.2) is 37.1 Å². The average Bonchev–Trinajstić information content (AvgIpc) is 3.24. The Hall–Kier alpha value is -2.59. The molecule has 0 spiro atoms. The number of ether oxygens (including phenoxy) is 1. The van der Waals surface area contributed by atoms with Gasteiger partial charge in [0.15, 0.2) is 0 Å². The predicted molar refractivity (Wildman–Crippen MR) is 106 cm³/mol. The second kappa shape index (κ2) is 6.86. The number of carbonyl (C=O) groups is 1. The molecule has 0 aromatic heterocycles. The first-order chi connectivity index (χ1) is 13.3. The van der Waals surface area contributed by atoms with E-state index >= 15 is 0 Å². The van der Waals surface area contributed by atoms with Gasteiger partial charge in [-0.2, -0.15) is 0 Å². The normalized spacial score (nSPS) is 26.2. The number of benzene rings is 2. The van der Waals surface area contributed by atoms with E-state index in [0.29, 0.717) is 44.2 Å². The summed E-state index contributed by atoms with van der Waals surface area (Å²) in [7, 11) is 0. The minimum atomic E-state index is 0.116. The summed E-state index contributed by atoms with van der Waals surface area (Å²) in [6.07, 6.45) is 5.68. The highest BCUT2D eigenvalue weighted by atomic mass is 16.5. The molecule has 5 rings (SSSR count). The molecule has 1 amide bonds. The van der Waals surface area contributed by atoms with Crippen molar-refractivity contribution in [2.45, 2.75) is 18.4 Å². The van der Waals surface area contributed by atoms with Crippen molar-refractivity contribution in [2.24, 2.45) is 5.92 Å². The van der Waals surface area contributed by atoms with Crippen LogP contribution in [0.5, 0.6) is 0 Å². The minimum absolute atomic E-state index is 0.116. The first kappa shape index (κ1) is 16.6. The van der Waals surface area contributed by atoms with E-state index in [4.69, 9.17) is 4.74 Å². The fraction of sp³-hybridized carbons (Fsp3) is 0.348. The van der Waals surface area contributed by atoms with Crippen LogP contribution < -0.4 is 5.32 Å². The van der Waals surface area contributed by atoms with Crippen LogP contribution in [0, 0.1) is 5.92 Å². The molecule has 3 aliphatic rings. The number of hydrogen-bond donors (Lipinski definition) is 1. The molecule has 3 atom stereocenters. The lowest BCUT2D eigenvalue weighted by Gasteiger charge is -2.38. The maximum Gasteiger partial charge on any atom is 0.254 e. The average molecular weight is 360 g/mol. The van der Waals surface area contributed by atoms with Gasteiger partial charge in [-0.25, -0.2) is 0 Å². The molecule has 138 valence electrons. The summed E-state index contributed by atoms with van der Waals surface area (Å²) >= 11 is 0. The van der Waals surface area contributed by atoms with Gasteiger partial charge in [-0.1, -0.05) is 42.5 Å². The Kier molecular flexibility index (Phi) is 4.21. The number of anilines is 1. The summed E-state index contributed by atoms with van der Waals surface area (Å²) in [5, 5.41) is 3.75. The van der Waals surface area contributed by atoms with Crippen molar-refractivity contribution in [3.8, 4) is 0 Å². The number of allylic oxidation sites excluding steroid dienone is 2. The molecule has 2 heterocycles. The maximum atomic E-state index is 12.9. The van der Waals surface area contributed by atoms with Gasteiger partial charge in [-0.3, -0.25) is 4.79 Å². The van der Waals surface area contributed by atoms with Gasteiger partial charge >= 0.3 is 0 Å². The Labute approximate surface area is 159 Å². The monoisotopic (exact) mass is 360 g/mol. The van der Waals surface area contributed by atoms with Crippen LogP contribution in [0.25, 0.3) is 0 Å². The van der Waals surface area contributed by atoms with Crippen LogP contribution in [0.1, 0.15) is 39.9 Å². The number of rotatable bonds is 2. The topological polar surface area (TPSA) is 41.6 Å². The standard InChI is InChI=1S/C23H24N2O2/c26-23(25-11-13-27-14-12-25)17-9-10-21-20(15-17)18-7-4-8-19(18)22(24-21)16-5-2-1-3-6-16/h1-7,9-10,15,18-19,22,24H,8,11-14H2/t18-,19+,22-/m1/s1. The Morgan fingerprint density at radius 1 is 1.07 bits per heavy atom. The van der Waals surface area contributed by atoms with E-state index in [2.05, 4.69) is 59.9 Å². The number of carbonyl (C=O) groups excluding carboxylic acids is 1. The van der Waals surface area contributed by atoms with E-state index < -0.39 is 0 Å². The van der Waals surface area contributed by atoms with E-state index in [1.54, 1.807) is 0 Å². The molecule has 0 saturated carbocycles. The molecule has 0 unspecified atom stereocenters. The first-order valence-corrected chi connectivity index (χ1v) is 9.80. The van der Waals surface area contributed by atoms with E-state index in [1.165, 1.54) is 11.1 Å². The summed E-state index contributed by atoms with van der Waals surface area (Å²) in [5.41, 5.74) is 4.51. The zero-order valence-electron chi connectivity index (χ0n) is 15.3. The fourth-order valence-corrected chi connectivity index (χ4v) is 4.67. The van der Waals surface area contributed by atoms with E-state index in [9.17, 15) is 4.79 Å². The lowest BCUT2D eigenvalue weighted by Crippen LogP contribution is -2.40. The smallest absolute Gasteiger partial charge is 0.254 e. The zero-order valence-corrected chi connectivity index (χ0v) is 15.3. The van der Waals surface area contributed by atoms with Gasteiger partial charge < -0.3 is 15.0 Å². The molecular formula is C23H24N2O2. The number of fused-ring (bicyclic) bond motifs is 3. The van der Waals surface area contributed by atoms with Crippen molar-refractivity contribution in [1.29, 1.82) is 0 Å². The first-order valence-electron chi connectivity index (χ1n) is 9.80. The van der Waals surface area contributed by atoms with Crippen molar-refractivity contribution in [3.63, 3.8) is 0 Å². The molecule has 4 heteroatoms. The number of amides is 1. The molecule has 4 nitrogen and oxygen atoms in total. The van der Waals surface area contributed by atoms with Crippen molar-refractivity contribution in [3.05, 3.63) is 77.4 Å². The lowest BCUT2D eigenvalue weighted by molar-refractivity contribution is 0.0303. The molecule has 2 aromatic carbocycles. The molecule has 1 fully saturated rings. The largest absolute Gasteiger partial charge is 0.378 e. The van der Waals surface area contributed by atoms with Crippen LogP contribution in [0.15, 0.2) is 60.7 Å². The Morgan fingerprint density at radius 2 is 1.89 bits per heavy atom. The third-order valence-corrected chi connectivity index (χ3v) is 6.07. The van der Waals surface area contributed by atoms with Gasteiger partial charge in [-0.15, -0.1) is 0 Å². The summed E-state index contributed by atoms with van der Waals surface area (Å²) in [5.74, 6) is 0.974. The van der Waals surface area contributed by atoms with Crippen molar-refractivity contribution in [2.75, 3.05) is 31.6 Å². The zero-order chi connectivity index (χ0) is 18.2. The van der Waals surface area contributed by atoms with E-state index in [0.717, 1.165) is 17.7 Å². The van der Waals surface area contributed by atoms with E-state index in [1.807, 2.05) is 11.0 Å². The summed E-state index contributed by atoms with van der Waals surface area (Å²) < 4.78 is 5.37. The summed E-state index contributed by atoms with van der Waals surface area (Å²) in [4.78, 5) is 14.8. The maximum absolute atomic E-state index is 12.9. The van der Waals surface area contributed by atoms with Gasteiger partial charge in [0, 0.05) is 30.3 Å². The third kappa shape index (κ3) is 2.94.